The van der Waals surface area contributed by atoms with Crippen LogP contribution < -0.4 is 10.5 Å². The largest absolute Gasteiger partial charge is 0.490 e. The number of nitrogens with two attached hydrogens (primary N) is 1. The van der Waals surface area contributed by atoms with E-state index in [4.69, 9.17) is 22.7 Å². The van der Waals surface area contributed by atoms with Crippen LogP contribution in [0.1, 0.15) is 30.8 Å². The number of hydrogen-bond donors (Lipinski definition) is 1. The number of aryl methyl sites for hydroxylation is 2. The molecule has 15 heavy (non-hydrogen) atoms. The van der Waals surface area contributed by atoms with Crippen molar-refractivity contribution in [2.75, 3.05) is 0 Å². The van der Waals surface area contributed by atoms with Gasteiger partial charge in [-0.1, -0.05) is 12.2 Å². The molecule has 0 unspecified atom stereocenters. The van der Waals surface area contributed by atoms with Crippen LogP contribution >= 0.6 is 12.2 Å². The molecule has 0 fully saturated rings. The first-order chi connectivity index (χ1) is 6.91. The van der Waals surface area contributed by atoms with E-state index in [-0.39, 0.29) is 6.10 Å². The second-order valence-corrected chi connectivity index (χ2v) is 4.19. The minimum Gasteiger partial charge on any atom is -0.490 e. The summed E-state index contributed by atoms with van der Waals surface area (Å²) in [6, 6.07) is 1.86. The molecular formula is C11H16N2OS. The van der Waals surface area contributed by atoms with E-state index in [1.807, 2.05) is 33.8 Å². The molecule has 0 aromatic carbocycles. The van der Waals surface area contributed by atoms with Gasteiger partial charge >= 0.3 is 0 Å². The summed E-state index contributed by atoms with van der Waals surface area (Å²) in [6.45, 7) is 7.74. The standard InChI is InChI=1S/C11H16N2OS/c1-6(2)14-9-5-7(3)13-8(4)10(9)11(12)15/h5-6H,1-4H3,(H2,12,15). The topological polar surface area (TPSA) is 48.1 Å². The van der Waals surface area contributed by atoms with Crippen LogP contribution in [0.15, 0.2) is 6.07 Å². The van der Waals surface area contributed by atoms with Crippen LogP contribution in [0.2, 0.25) is 0 Å². The van der Waals surface area contributed by atoms with Gasteiger partial charge in [0.05, 0.1) is 17.4 Å². The Bertz CT molecular complexity index is 388. The molecule has 1 heterocycles. The highest BCUT2D eigenvalue weighted by molar-refractivity contribution is 7.80. The third-order valence-electron chi connectivity index (χ3n) is 1.90. The van der Waals surface area contributed by atoms with E-state index in [1.165, 1.54) is 0 Å². The van der Waals surface area contributed by atoms with Crippen LogP contribution in [0.3, 0.4) is 0 Å². The molecule has 0 bridgehead atoms. The molecule has 2 N–H and O–H groups in total. The number of hydrogen-bond acceptors (Lipinski definition) is 3. The molecule has 3 nitrogen and oxygen atoms in total. The van der Waals surface area contributed by atoms with Crippen molar-refractivity contribution in [2.24, 2.45) is 5.73 Å². The quantitative estimate of drug-likeness (QED) is 0.799. The van der Waals surface area contributed by atoms with Crippen molar-refractivity contribution < 1.29 is 4.74 Å². The van der Waals surface area contributed by atoms with Crippen molar-refractivity contribution >= 4 is 17.2 Å². The maximum atomic E-state index is 5.66. The molecule has 0 aliphatic carbocycles. The molecule has 0 atom stereocenters. The summed E-state index contributed by atoms with van der Waals surface area (Å²) in [6.07, 6.45) is 0.0966. The number of rotatable bonds is 3. The molecule has 0 saturated heterocycles. The van der Waals surface area contributed by atoms with Gasteiger partial charge in [0.15, 0.2) is 0 Å². The smallest absolute Gasteiger partial charge is 0.133 e. The van der Waals surface area contributed by atoms with Gasteiger partial charge in [-0.25, -0.2) is 0 Å². The van der Waals surface area contributed by atoms with Crippen LogP contribution in [0.4, 0.5) is 0 Å². The van der Waals surface area contributed by atoms with Crippen molar-refractivity contribution in [2.45, 2.75) is 33.8 Å². The zero-order valence-electron chi connectivity index (χ0n) is 9.50. The lowest BCUT2D eigenvalue weighted by Gasteiger charge is -2.15. The number of nitrogens with zero attached hydrogens (tertiary/aromatic N) is 1. The fourth-order valence-electron chi connectivity index (χ4n) is 1.44. The van der Waals surface area contributed by atoms with Crippen LogP contribution in [0, 0.1) is 13.8 Å². The number of pyridine rings is 1. The zero-order valence-corrected chi connectivity index (χ0v) is 10.3. The summed E-state index contributed by atoms with van der Waals surface area (Å²) in [5.74, 6) is 0.725. The predicted octanol–water partition coefficient (Wildman–Crippen LogP) is 2.12. The average molecular weight is 224 g/mol. The summed E-state index contributed by atoms with van der Waals surface area (Å²) in [7, 11) is 0. The normalized spacial score (nSPS) is 10.5. The predicted molar refractivity (Wildman–Crippen MR) is 65.4 cm³/mol. The number of thiocarbonyl (C=S) groups is 1. The van der Waals surface area contributed by atoms with Crippen LogP contribution in [-0.4, -0.2) is 16.1 Å². The first-order valence-electron chi connectivity index (χ1n) is 4.86. The first-order valence-corrected chi connectivity index (χ1v) is 5.27. The second-order valence-electron chi connectivity index (χ2n) is 3.75. The lowest BCUT2D eigenvalue weighted by atomic mass is 10.1. The number of ether oxygens (including phenoxy) is 1. The highest BCUT2D eigenvalue weighted by atomic mass is 32.1. The maximum absolute atomic E-state index is 5.66. The SMILES string of the molecule is Cc1cc(OC(C)C)c(C(N)=S)c(C)n1. The van der Waals surface area contributed by atoms with E-state index in [9.17, 15) is 0 Å². The van der Waals surface area contributed by atoms with E-state index < -0.39 is 0 Å². The van der Waals surface area contributed by atoms with Crippen molar-refractivity contribution in [3.63, 3.8) is 0 Å². The van der Waals surface area contributed by atoms with Crippen LogP contribution in [0.5, 0.6) is 5.75 Å². The molecule has 4 heteroatoms. The van der Waals surface area contributed by atoms with E-state index >= 15 is 0 Å². The third-order valence-corrected chi connectivity index (χ3v) is 2.11. The molecule has 0 aliphatic rings. The third kappa shape index (κ3) is 2.89. The summed E-state index contributed by atoms with van der Waals surface area (Å²) >= 11 is 4.99. The Morgan fingerprint density at radius 2 is 2.07 bits per heavy atom. The molecule has 0 amide bonds. The molecule has 0 aliphatic heterocycles. The van der Waals surface area contributed by atoms with Crippen molar-refractivity contribution in [1.82, 2.24) is 4.98 Å². The molecule has 0 radical (unpaired) electrons. The summed E-state index contributed by atoms with van der Waals surface area (Å²) in [5.41, 5.74) is 8.12. The lowest BCUT2D eigenvalue weighted by molar-refractivity contribution is 0.241. The Hall–Kier alpha value is -1.16. The minimum absolute atomic E-state index is 0.0966. The summed E-state index contributed by atoms with van der Waals surface area (Å²) < 4.78 is 5.66. The summed E-state index contributed by atoms with van der Waals surface area (Å²) in [5, 5.41) is 0. The lowest BCUT2D eigenvalue weighted by Crippen LogP contribution is -2.17. The van der Waals surface area contributed by atoms with Gasteiger partial charge in [0, 0.05) is 11.8 Å². The number of aromatic nitrogens is 1. The van der Waals surface area contributed by atoms with Gasteiger partial charge in [-0.05, 0) is 27.7 Å². The Balaban J connectivity index is 3.27. The van der Waals surface area contributed by atoms with Gasteiger partial charge in [0.25, 0.3) is 0 Å². The van der Waals surface area contributed by atoms with Gasteiger partial charge in [0.2, 0.25) is 0 Å². The van der Waals surface area contributed by atoms with Crippen LogP contribution in [-0.2, 0) is 0 Å². The molecule has 1 aromatic rings. The maximum Gasteiger partial charge on any atom is 0.133 e. The van der Waals surface area contributed by atoms with Crippen LogP contribution in [0.25, 0.3) is 0 Å². The average Bonchev–Trinajstić information content (AvgIpc) is 1.99. The van der Waals surface area contributed by atoms with E-state index in [0.717, 1.165) is 22.7 Å². The van der Waals surface area contributed by atoms with Gasteiger partial charge < -0.3 is 10.5 Å². The van der Waals surface area contributed by atoms with Crippen molar-refractivity contribution in [3.8, 4) is 5.75 Å². The highest BCUT2D eigenvalue weighted by Crippen LogP contribution is 2.23. The molecular weight excluding hydrogens is 208 g/mol. The Morgan fingerprint density at radius 1 is 1.47 bits per heavy atom. The monoisotopic (exact) mass is 224 g/mol. The van der Waals surface area contributed by atoms with Gasteiger partial charge in [-0.15, -0.1) is 0 Å². The fourth-order valence-corrected chi connectivity index (χ4v) is 1.69. The first kappa shape index (κ1) is 11.9. The van der Waals surface area contributed by atoms with Gasteiger partial charge in [0.1, 0.15) is 10.7 Å². The Morgan fingerprint density at radius 3 is 2.53 bits per heavy atom. The van der Waals surface area contributed by atoms with E-state index in [0.29, 0.717) is 4.99 Å². The Kier molecular flexibility index (Phi) is 3.63. The fraction of sp³-hybridized carbons (Fsp3) is 0.455. The zero-order chi connectivity index (χ0) is 11.6. The molecule has 0 spiro atoms. The van der Waals surface area contributed by atoms with Crippen molar-refractivity contribution in [1.29, 1.82) is 0 Å². The summed E-state index contributed by atoms with van der Waals surface area (Å²) in [4.78, 5) is 4.64. The minimum atomic E-state index is 0.0966. The van der Waals surface area contributed by atoms with Gasteiger partial charge in [-0.2, -0.15) is 0 Å². The molecule has 0 saturated carbocycles. The molecule has 1 aromatic heterocycles. The van der Waals surface area contributed by atoms with E-state index in [1.54, 1.807) is 0 Å². The van der Waals surface area contributed by atoms with E-state index in [2.05, 4.69) is 4.98 Å². The molecule has 82 valence electrons. The highest BCUT2D eigenvalue weighted by Gasteiger charge is 2.13. The Labute approximate surface area is 95.7 Å². The van der Waals surface area contributed by atoms with Gasteiger partial charge in [-0.3, -0.25) is 4.98 Å². The second kappa shape index (κ2) is 4.57. The molecule has 1 rings (SSSR count). The van der Waals surface area contributed by atoms with Crippen molar-refractivity contribution in [3.05, 3.63) is 23.0 Å².